The van der Waals surface area contributed by atoms with Crippen molar-refractivity contribution < 1.29 is 14.0 Å². The van der Waals surface area contributed by atoms with Crippen LogP contribution in [0.3, 0.4) is 0 Å². The number of nitrogens with one attached hydrogen (secondary N) is 4. The van der Waals surface area contributed by atoms with Crippen molar-refractivity contribution in [1.29, 1.82) is 0 Å². The van der Waals surface area contributed by atoms with Crippen LogP contribution < -0.4 is 21.5 Å². The van der Waals surface area contributed by atoms with E-state index in [1.807, 2.05) is 6.07 Å². The number of aryl methyl sites for hydroxylation is 1. The summed E-state index contributed by atoms with van der Waals surface area (Å²) in [4.78, 5) is 24.2. The third kappa shape index (κ3) is 4.90. The molecule has 2 amide bonds. The van der Waals surface area contributed by atoms with Crippen LogP contribution >= 0.6 is 0 Å². The van der Waals surface area contributed by atoms with Crippen LogP contribution in [-0.2, 0) is 4.79 Å². The van der Waals surface area contributed by atoms with Crippen LogP contribution in [0.2, 0.25) is 0 Å². The Morgan fingerprint density at radius 1 is 1.07 bits per heavy atom. The predicted octanol–water partition coefficient (Wildman–Crippen LogP) is 1.59. The van der Waals surface area contributed by atoms with E-state index >= 15 is 0 Å². The summed E-state index contributed by atoms with van der Waals surface area (Å²) < 4.78 is 13.4. The van der Waals surface area contributed by atoms with Gasteiger partial charge in [0.05, 0.1) is 0 Å². The van der Waals surface area contributed by atoms with Crippen molar-refractivity contribution in [3.05, 3.63) is 71.0 Å². The zero-order valence-corrected chi connectivity index (χ0v) is 15.1. The van der Waals surface area contributed by atoms with Crippen molar-refractivity contribution in [2.24, 2.45) is 0 Å². The molecule has 1 fully saturated rings. The minimum Gasteiger partial charge on any atom is -0.353 e. The first-order valence-corrected chi connectivity index (χ1v) is 8.92. The van der Waals surface area contributed by atoms with E-state index in [4.69, 9.17) is 0 Å². The molecule has 2 unspecified atom stereocenters. The number of amides is 2. The summed E-state index contributed by atoms with van der Waals surface area (Å²) in [6.45, 7) is 2.41. The van der Waals surface area contributed by atoms with Gasteiger partial charge in [-0.3, -0.25) is 9.59 Å². The molecule has 2 atom stereocenters. The number of rotatable bonds is 6. The first-order valence-electron chi connectivity index (χ1n) is 8.92. The summed E-state index contributed by atoms with van der Waals surface area (Å²) in [5.74, 6) is -0.549. The minimum absolute atomic E-state index is 0.0576. The Kier molecular flexibility index (Phi) is 6.16. The van der Waals surface area contributed by atoms with Gasteiger partial charge in [0.2, 0.25) is 5.91 Å². The predicted molar refractivity (Wildman–Crippen MR) is 100 cm³/mol. The van der Waals surface area contributed by atoms with E-state index in [2.05, 4.69) is 21.5 Å². The van der Waals surface area contributed by atoms with Gasteiger partial charge in [-0.15, -0.1) is 0 Å². The topological polar surface area (TPSA) is 82.3 Å². The summed E-state index contributed by atoms with van der Waals surface area (Å²) >= 11 is 0. The van der Waals surface area contributed by atoms with E-state index in [0.717, 1.165) is 5.56 Å². The molecule has 0 spiro atoms. The maximum Gasteiger partial charge on any atom is 0.251 e. The molecule has 1 aliphatic heterocycles. The van der Waals surface area contributed by atoms with Crippen LogP contribution in [0, 0.1) is 12.7 Å². The van der Waals surface area contributed by atoms with Crippen molar-refractivity contribution in [3.8, 4) is 0 Å². The molecule has 1 saturated heterocycles. The lowest BCUT2D eigenvalue weighted by atomic mass is 10.00. The molecule has 0 saturated carbocycles. The molecule has 0 radical (unpaired) electrons. The lowest BCUT2D eigenvalue weighted by Gasteiger charge is -2.12. The maximum absolute atomic E-state index is 13.4. The van der Waals surface area contributed by atoms with Crippen LogP contribution in [0.4, 0.5) is 4.39 Å². The quantitative estimate of drug-likeness (QED) is 0.582. The Morgan fingerprint density at radius 2 is 1.81 bits per heavy atom. The van der Waals surface area contributed by atoms with Crippen molar-refractivity contribution in [2.45, 2.75) is 25.4 Å². The van der Waals surface area contributed by atoms with Gasteiger partial charge in [-0.25, -0.2) is 15.2 Å². The highest BCUT2D eigenvalue weighted by atomic mass is 19.1. The SMILES string of the molecule is Cc1cc(C2CC(C(=O)NCCNC(=O)c3ccccc3)NN2)ccc1F. The number of hydrogen-bond acceptors (Lipinski definition) is 4. The van der Waals surface area contributed by atoms with Gasteiger partial charge in [-0.2, -0.15) is 0 Å². The lowest BCUT2D eigenvalue weighted by molar-refractivity contribution is -0.122. The van der Waals surface area contributed by atoms with Crippen LogP contribution in [0.25, 0.3) is 0 Å². The molecule has 1 aliphatic rings. The van der Waals surface area contributed by atoms with E-state index in [0.29, 0.717) is 30.6 Å². The maximum atomic E-state index is 13.4. The molecular formula is C20H23FN4O2. The highest BCUT2D eigenvalue weighted by Gasteiger charge is 2.30. The second-order valence-electron chi connectivity index (χ2n) is 6.55. The number of halogens is 1. The second-order valence-corrected chi connectivity index (χ2v) is 6.55. The fourth-order valence-electron chi connectivity index (χ4n) is 3.01. The summed E-state index contributed by atoms with van der Waals surface area (Å²) in [5.41, 5.74) is 8.15. The van der Waals surface area contributed by atoms with Crippen molar-refractivity contribution in [3.63, 3.8) is 0 Å². The Bertz CT molecular complexity index is 813. The Labute approximate surface area is 157 Å². The fourth-order valence-corrected chi connectivity index (χ4v) is 3.01. The van der Waals surface area contributed by atoms with Crippen LogP contribution in [0.1, 0.15) is 33.9 Å². The number of hydrazine groups is 1. The summed E-state index contributed by atoms with van der Waals surface area (Å²) in [7, 11) is 0. The standard InChI is InChI=1S/C20H23FN4O2/c1-13-11-15(7-8-16(13)21)17-12-18(25-24-17)20(27)23-10-9-22-19(26)14-5-3-2-4-6-14/h2-8,11,17-18,24-25H,9-10,12H2,1H3,(H,22,26)(H,23,27). The smallest absolute Gasteiger partial charge is 0.251 e. The molecule has 6 nitrogen and oxygen atoms in total. The fraction of sp³-hybridized carbons (Fsp3) is 0.300. The summed E-state index contributed by atoms with van der Waals surface area (Å²) in [5, 5.41) is 5.57. The average Bonchev–Trinajstić information content (AvgIpc) is 3.18. The molecule has 142 valence electrons. The van der Waals surface area contributed by atoms with Gasteiger partial charge in [0.15, 0.2) is 0 Å². The van der Waals surface area contributed by atoms with Gasteiger partial charge in [0.25, 0.3) is 5.91 Å². The Hall–Kier alpha value is -2.77. The highest BCUT2D eigenvalue weighted by Crippen LogP contribution is 2.23. The molecule has 1 heterocycles. The van der Waals surface area contributed by atoms with Gasteiger partial charge in [-0.05, 0) is 42.7 Å². The average molecular weight is 370 g/mol. The number of hydrogen-bond donors (Lipinski definition) is 4. The van der Waals surface area contributed by atoms with E-state index in [1.165, 1.54) is 6.07 Å². The highest BCUT2D eigenvalue weighted by molar-refractivity contribution is 5.94. The van der Waals surface area contributed by atoms with E-state index in [1.54, 1.807) is 43.3 Å². The van der Waals surface area contributed by atoms with Crippen LogP contribution in [0.5, 0.6) is 0 Å². The molecule has 7 heteroatoms. The zero-order valence-electron chi connectivity index (χ0n) is 15.1. The van der Waals surface area contributed by atoms with Crippen molar-refractivity contribution >= 4 is 11.8 Å². The first kappa shape index (κ1) is 19.0. The molecular weight excluding hydrogens is 347 g/mol. The Morgan fingerprint density at radius 3 is 2.56 bits per heavy atom. The molecule has 3 rings (SSSR count). The van der Waals surface area contributed by atoms with Crippen LogP contribution in [0.15, 0.2) is 48.5 Å². The van der Waals surface area contributed by atoms with E-state index in [9.17, 15) is 14.0 Å². The normalized spacial score (nSPS) is 18.9. The van der Waals surface area contributed by atoms with Crippen molar-refractivity contribution in [2.75, 3.05) is 13.1 Å². The molecule has 0 aromatic heterocycles. The van der Waals surface area contributed by atoms with E-state index in [-0.39, 0.29) is 29.7 Å². The van der Waals surface area contributed by atoms with Gasteiger partial charge in [0, 0.05) is 24.7 Å². The van der Waals surface area contributed by atoms with Crippen molar-refractivity contribution in [1.82, 2.24) is 21.5 Å². The van der Waals surface area contributed by atoms with Gasteiger partial charge >= 0.3 is 0 Å². The summed E-state index contributed by atoms with van der Waals surface area (Å²) in [6, 6.07) is 13.4. The molecule has 4 N–H and O–H groups in total. The second kappa shape index (κ2) is 8.75. The first-order chi connectivity index (χ1) is 13.0. The minimum atomic E-state index is -0.384. The van der Waals surface area contributed by atoms with Crippen LogP contribution in [-0.4, -0.2) is 30.9 Å². The lowest BCUT2D eigenvalue weighted by Crippen LogP contribution is -2.45. The van der Waals surface area contributed by atoms with Gasteiger partial charge in [-0.1, -0.05) is 30.3 Å². The number of benzene rings is 2. The third-order valence-corrected chi connectivity index (χ3v) is 4.55. The molecule has 0 aliphatic carbocycles. The molecule has 2 aromatic carbocycles. The number of carbonyl (C=O) groups is 2. The van der Waals surface area contributed by atoms with E-state index < -0.39 is 0 Å². The zero-order chi connectivity index (χ0) is 19.2. The number of carbonyl (C=O) groups excluding carboxylic acids is 2. The monoisotopic (exact) mass is 370 g/mol. The largest absolute Gasteiger partial charge is 0.353 e. The summed E-state index contributed by atoms with van der Waals surface area (Å²) in [6.07, 6.45) is 0.563. The van der Waals surface area contributed by atoms with Gasteiger partial charge in [0.1, 0.15) is 11.9 Å². The molecule has 2 aromatic rings. The van der Waals surface area contributed by atoms with Gasteiger partial charge < -0.3 is 10.6 Å². The Balaban J connectivity index is 1.41. The molecule has 0 bridgehead atoms. The molecule has 27 heavy (non-hydrogen) atoms. The third-order valence-electron chi connectivity index (χ3n) is 4.55.